The van der Waals surface area contributed by atoms with Gasteiger partial charge in [0.05, 0.1) is 5.75 Å². The molecule has 0 N–H and O–H groups in total. The molecule has 0 fully saturated rings. The van der Waals surface area contributed by atoms with Crippen LogP contribution in [-0.2, 0) is 10.0 Å². The summed E-state index contributed by atoms with van der Waals surface area (Å²) >= 11 is 0. The molecule has 0 bridgehead atoms. The smallest absolute Gasteiger partial charge is 0.256 e. The SMILES string of the molecule is CC1=NS(=O)(=O)CCN1C. The van der Waals surface area contributed by atoms with Crippen LogP contribution in [0.3, 0.4) is 0 Å². The molecule has 4 nitrogen and oxygen atoms in total. The van der Waals surface area contributed by atoms with Gasteiger partial charge in [-0.25, -0.2) is 8.42 Å². The predicted molar refractivity (Wildman–Crippen MR) is 39.5 cm³/mol. The molecular weight excluding hydrogens is 152 g/mol. The second-order valence-electron chi connectivity index (χ2n) is 2.35. The molecule has 10 heavy (non-hydrogen) atoms. The highest BCUT2D eigenvalue weighted by Gasteiger charge is 2.17. The highest BCUT2D eigenvalue weighted by molar-refractivity contribution is 7.90. The van der Waals surface area contributed by atoms with Crippen molar-refractivity contribution in [2.24, 2.45) is 4.40 Å². The molecule has 0 unspecified atom stereocenters. The molecule has 0 spiro atoms. The monoisotopic (exact) mass is 162 g/mol. The summed E-state index contributed by atoms with van der Waals surface area (Å²) in [7, 11) is -1.29. The van der Waals surface area contributed by atoms with Gasteiger partial charge in [-0.2, -0.15) is 4.40 Å². The van der Waals surface area contributed by atoms with Crippen molar-refractivity contribution in [1.29, 1.82) is 0 Å². The number of sulfonamides is 1. The van der Waals surface area contributed by atoms with Gasteiger partial charge < -0.3 is 4.90 Å². The maximum absolute atomic E-state index is 10.8. The van der Waals surface area contributed by atoms with E-state index in [-0.39, 0.29) is 5.75 Å². The summed E-state index contributed by atoms with van der Waals surface area (Å²) in [5, 5.41) is 0. The van der Waals surface area contributed by atoms with Crippen molar-refractivity contribution in [3.05, 3.63) is 0 Å². The maximum Gasteiger partial charge on any atom is 0.256 e. The Bertz CT molecular complexity index is 255. The van der Waals surface area contributed by atoms with Crippen molar-refractivity contribution < 1.29 is 8.42 Å². The fourth-order valence-electron chi connectivity index (χ4n) is 0.731. The minimum atomic E-state index is -3.12. The van der Waals surface area contributed by atoms with Gasteiger partial charge in [0.1, 0.15) is 5.84 Å². The average Bonchev–Trinajstić information content (AvgIpc) is 1.79. The minimum absolute atomic E-state index is 0.140. The molecule has 0 atom stereocenters. The highest BCUT2D eigenvalue weighted by atomic mass is 32.2. The summed E-state index contributed by atoms with van der Waals surface area (Å²) in [5.74, 6) is 0.715. The van der Waals surface area contributed by atoms with Crippen LogP contribution in [0.1, 0.15) is 6.92 Å². The molecule has 1 aliphatic rings. The molecule has 0 aromatic carbocycles. The van der Waals surface area contributed by atoms with Crippen LogP contribution in [-0.4, -0.2) is 38.5 Å². The molecule has 0 radical (unpaired) electrons. The Morgan fingerprint density at radius 1 is 1.60 bits per heavy atom. The largest absolute Gasteiger partial charge is 0.362 e. The standard InChI is InChI=1S/C5H10N2O2S/c1-5-6-10(8,9)4-3-7(5)2/h3-4H2,1-2H3. The molecule has 0 saturated carbocycles. The number of nitrogens with zero attached hydrogens (tertiary/aromatic N) is 2. The zero-order valence-electron chi connectivity index (χ0n) is 6.03. The second kappa shape index (κ2) is 2.23. The van der Waals surface area contributed by atoms with E-state index in [1.807, 2.05) is 11.9 Å². The van der Waals surface area contributed by atoms with Crippen molar-refractivity contribution >= 4 is 15.9 Å². The van der Waals surface area contributed by atoms with E-state index in [4.69, 9.17) is 0 Å². The molecule has 0 amide bonds. The van der Waals surface area contributed by atoms with Crippen LogP contribution in [0.15, 0.2) is 4.40 Å². The van der Waals surface area contributed by atoms with Gasteiger partial charge in [0, 0.05) is 13.6 Å². The van der Waals surface area contributed by atoms with Crippen LogP contribution in [0.5, 0.6) is 0 Å². The van der Waals surface area contributed by atoms with E-state index < -0.39 is 10.0 Å². The van der Waals surface area contributed by atoms with E-state index in [2.05, 4.69) is 4.40 Å². The lowest BCUT2D eigenvalue weighted by Crippen LogP contribution is -2.34. The van der Waals surface area contributed by atoms with Gasteiger partial charge >= 0.3 is 0 Å². The zero-order chi connectivity index (χ0) is 7.78. The van der Waals surface area contributed by atoms with E-state index in [1.165, 1.54) is 0 Å². The van der Waals surface area contributed by atoms with E-state index in [0.29, 0.717) is 12.4 Å². The number of hydrogen-bond donors (Lipinski definition) is 0. The van der Waals surface area contributed by atoms with Gasteiger partial charge in [0.2, 0.25) is 0 Å². The van der Waals surface area contributed by atoms with Crippen LogP contribution >= 0.6 is 0 Å². The molecule has 1 aliphatic heterocycles. The predicted octanol–water partition coefficient (Wildman–Crippen LogP) is -0.320. The first-order valence-corrected chi connectivity index (χ1v) is 4.62. The minimum Gasteiger partial charge on any atom is -0.362 e. The van der Waals surface area contributed by atoms with E-state index >= 15 is 0 Å². The Hall–Kier alpha value is -0.580. The van der Waals surface area contributed by atoms with Gasteiger partial charge in [-0.3, -0.25) is 0 Å². The number of amidine groups is 1. The Balaban J connectivity index is 2.97. The third-order valence-corrected chi connectivity index (χ3v) is 2.75. The fourth-order valence-corrected chi connectivity index (χ4v) is 1.87. The molecule has 0 aliphatic carbocycles. The van der Waals surface area contributed by atoms with Gasteiger partial charge in [-0.15, -0.1) is 0 Å². The van der Waals surface area contributed by atoms with Gasteiger partial charge in [-0.05, 0) is 6.92 Å². The first-order chi connectivity index (χ1) is 4.51. The van der Waals surface area contributed by atoms with Crippen LogP contribution in [0, 0.1) is 0 Å². The highest BCUT2D eigenvalue weighted by Crippen LogP contribution is 2.03. The summed E-state index contributed by atoms with van der Waals surface area (Å²) in [4.78, 5) is 1.82. The number of hydrogen-bond acceptors (Lipinski definition) is 3. The molecule has 58 valence electrons. The molecule has 5 heteroatoms. The van der Waals surface area contributed by atoms with Crippen molar-refractivity contribution in [3.8, 4) is 0 Å². The van der Waals surface area contributed by atoms with Crippen LogP contribution in [0.25, 0.3) is 0 Å². The van der Waals surface area contributed by atoms with Crippen molar-refractivity contribution in [2.75, 3.05) is 19.3 Å². The summed E-state index contributed by atoms with van der Waals surface area (Å²) in [6.07, 6.45) is 0. The summed E-state index contributed by atoms with van der Waals surface area (Å²) < 4.78 is 25.1. The molecule has 0 saturated heterocycles. The third-order valence-electron chi connectivity index (χ3n) is 1.51. The summed E-state index contributed by atoms with van der Waals surface area (Å²) in [6, 6.07) is 0. The lowest BCUT2D eigenvalue weighted by atomic mass is 10.5. The molecule has 0 aromatic heterocycles. The second-order valence-corrected chi connectivity index (χ2v) is 4.10. The van der Waals surface area contributed by atoms with E-state index in [9.17, 15) is 8.42 Å². The Morgan fingerprint density at radius 3 is 2.60 bits per heavy atom. The Kier molecular flexibility index (Phi) is 1.68. The lowest BCUT2D eigenvalue weighted by Gasteiger charge is -2.21. The quantitative estimate of drug-likeness (QED) is 0.490. The fraction of sp³-hybridized carbons (Fsp3) is 0.800. The van der Waals surface area contributed by atoms with Gasteiger partial charge in [-0.1, -0.05) is 0 Å². The van der Waals surface area contributed by atoms with Crippen molar-refractivity contribution in [3.63, 3.8) is 0 Å². The maximum atomic E-state index is 10.8. The molecular formula is C5H10N2O2S. The van der Waals surface area contributed by atoms with E-state index in [0.717, 1.165) is 0 Å². The zero-order valence-corrected chi connectivity index (χ0v) is 6.85. The third kappa shape index (κ3) is 1.47. The first-order valence-electron chi connectivity index (χ1n) is 3.02. The Morgan fingerprint density at radius 2 is 2.20 bits per heavy atom. The van der Waals surface area contributed by atoms with Crippen molar-refractivity contribution in [2.45, 2.75) is 6.92 Å². The van der Waals surface area contributed by atoms with Crippen molar-refractivity contribution in [1.82, 2.24) is 4.90 Å². The summed E-state index contributed by atoms with van der Waals surface area (Å²) in [5.41, 5.74) is 0. The molecule has 1 rings (SSSR count). The van der Waals surface area contributed by atoms with Gasteiger partial charge in [0.25, 0.3) is 10.0 Å². The van der Waals surface area contributed by atoms with E-state index in [1.54, 1.807) is 6.92 Å². The Labute approximate surface area is 60.6 Å². The van der Waals surface area contributed by atoms with Gasteiger partial charge in [0.15, 0.2) is 0 Å². The molecule has 1 heterocycles. The summed E-state index contributed by atoms with van der Waals surface area (Å²) in [6.45, 7) is 2.24. The molecule has 0 aromatic rings. The number of rotatable bonds is 0. The lowest BCUT2D eigenvalue weighted by molar-refractivity contribution is 0.511. The first kappa shape index (κ1) is 7.53. The normalized spacial score (nSPS) is 24.2. The van der Waals surface area contributed by atoms with Crippen LogP contribution < -0.4 is 0 Å². The van der Waals surface area contributed by atoms with Crippen LogP contribution in [0.4, 0.5) is 0 Å². The topological polar surface area (TPSA) is 49.7 Å². The average molecular weight is 162 g/mol. The van der Waals surface area contributed by atoms with Crippen LogP contribution in [0.2, 0.25) is 0 Å².